The van der Waals surface area contributed by atoms with Crippen LogP contribution in [-0.4, -0.2) is 29.1 Å². The van der Waals surface area contributed by atoms with E-state index in [4.69, 9.17) is 5.11 Å². The fourth-order valence-corrected chi connectivity index (χ4v) is 1.13. The Morgan fingerprint density at radius 1 is 1.25 bits per heavy atom. The number of carboxylic acid groups (broad SMARTS) is 1. The first kappa shape index (κ1) is 15.1. The molecule has 2 aromatic rings. The number of hydrogen-bond donors (Lipinski definition) is 1. The van der Waals surface area contributed by atoms with Crippen LogP contribution >= 0.6 is 0 Å². The predicted octanol–water partition coefficient (Wildman–Crippen LogP) is 0.886. The quantitative estimate of drug-likeness (QED) is 0.496. The summed E-state index contributed by atoms with van der Waals surface area (Å²) in [5.74, 6) is -1.67. The monoisotopic (exact) mass is 276 g/mol. The highest BCUT2D eigenvalue weighted by molar-refractivity contribution is 5.90. The first-order valence-electron chi connectivity index (χ1n) is 5.46. The van der Waals surface area contributed by atoms with Crippen LogP contribution in [0.4, 0.5) is 0 Å². The highest BCUT2D eigenvalue weighted by Crippen LogP contribution is 2.01. The Labute approximate surface area is 114 Å². The number of pyridine rings is 2. The molecule has 0 spiro atoms. The first-order valence-corrected chi connectivity index (χ1v) is 5.46. The van der Waals surface area contributed by atoms with Gasteiger partial charge in [-0.3, -0.25) is 0 Å². The summed E-state index contributed by atoms with van der Waals surface area (Å²) in [6.07, 6.45) is 3.99. The van der Waals surface area contributed by atoms with E-state index in [1.165, 1.54) is 31.6 Å². The van der Waals surface area contributed by atoms with Gasteiger partial charge in [-0.05, 0) is 12.1 Å². The molecule has 0 aromatic carbocycles. The van der Waals surface area contributed by atoms with Gasteiger partial charge in [-0.25, -0.2) is 14.6 Å². The maximum absolute atomic E-state index is 10.9. The molecular formula is C13H12N2O5. The lowest BCUT2D eigenvalue weighted by Crippen LogP contribution is -2.22. The molecule has 0 saturated heterocycles. The molecule has 2 heterocycles. The van der Waals surface area contributed by atoms with Gasteiger partial charge in [0, 0.05) is 18.3 Å². The maximum atomic E-state index is 10.9. The van der Waals surface area contributed by atoms with Gasteiger partial charge in [0.2, 0.25) is 0 Å². The number of ether oxygens (including phenoxy) is 1. The zero-order valence-corrected chi connectivity index (χ0v) is 10.6. The predicted molar refractivity (Wildman–Crippen MR) is 67.9 cm³/mol. The second-order valence-electron chi connectivity index (χ2n) is 3.46. The average Bonchev–Trinajstić information content (AvgIpc) is 2.48. The molecule has 7 heteroatoms. The Morgan fingerprint density at radius 2 is 1.90 bits per heavy atom. The molecule has 0 fully saturated rings. The smallest absolute Gasteiger partial charge is 0.356 e. The summed E-state index contributed by atoms with van der Waals surface area (Å²) in [5.41, 5.74) is 0.125. The topological polar surface area (TPSA) is 103 Å². The van der Waals surface area contributed by atoms with Crippen LogP contribution in [0, 0.1) is 5.21 Å². The van der Waals surface area contributed by atoms with Gasteiger partial charge in [0.15, 0.2) is 12.4 Å². The number of carboxylic acids is 1. The molecule has 0 aliphatic carbocycles. The Balaban J connectivity index is 0.000000240. The third kappa shape index (κ3) is 4.73. The summed E-state index contributed by atoms with van der Waals surface area (Å²) in [7, 11) is 1.23. The van der Waals surface area contributed by atoms with Gasteiger partial charge in [-0.15, -0.1) is 0 Å². The van der Waals surface area contributed by atoms with Crippen molar-refractivity contribution in [2.45, 2.75) is 0 Å². The molecule has 2 rings (SSSR count). The molecule has 7 nitrogen and oxygen atoms in total. The first-order chi connectivity index (χ1) is 9.54. The second-order valence-corrected chi connectivity index (χ2v) is 3.46. The molecule has 2 aromatic heterocycles. The normalized spacial score (nSPS) is 9.05. The van der Waals surface area contributed by atoms with Crippen LogP contribution in [0.25, 0.3) is 0 Å². The fourth-order valence-electron chi connectivity index (χ4n) is 1.13. The minimum Gasteiger partial charge on any atom is -0.619 e. The Hall–Kier alpha value is -2.96. The summed E-state index contributed by atoms with van der Waals surface area (Å²) < 4.78 is 5.14. The molecule has 0 saturated carbocycles. The largest absolute Gasteiger partial charge is 0.619 e. The summed E-state index contributed by atoms with van der Waals surface area (Å²) in [6.45, 7) is 0. The van der Waals surface area contributed by atoms with Gasteiger partial charge in [-0.2, -0.15) is 4.73 Å². The van der Waals surface area contributed by atoms with Gasteiger partial charge >= 0.3 is 11.9 Å². The highest BCUT2D eigenvalue weighted by atomic mass is 16.5. The number of aromatic carboxylic acids is 1. The van der Waals surface area contributed by atoms with Gasteiger partial charge in [0.1, 0.15) is 5.69 Å². The third-order valence-electron chi connectivity index (χ3n) is 2.09. The molecule has 104 valence electrons. The van der Waals surface area contributed by atoms with E-state index in [0.29, 0.717) is 0 Å². The average molecular weight is 276 g/mol. The second kappa shape index (κ2) is 7.47. The zero-order chi connectivity index (χ0) is 15.0. The molecule has 0 bridgehead atoms. The van der Waals surface area contributed by atoms with E-state index in [-0.39, 0.29) is 11.3 Å². The van der Waals surface area contributed by atoms with Crippen LogP contribution in [-0.2, 0) is 4.74 Å². The molecule has 0 amide bonds. The lowest BCUT2D eigenvalue weighted by Gasteiger charge is -1.97. The van der Waals surface area contributed by atoms with Gasteiger partial charge in [-0.1, -0.05) is 6.07 Å². The van der Waals surface area contributed by atoms with Gasteiger partial charge in [0.05, 0.1) is 12.7 Å². The number of aromatic nitrogens is 2. The minimum absolute atomic E-state index is 0.0349. The fraction of sp³-hybridized carbons (Fsp3) is 0.0769. The number of carbonyl (C=O) groups excluding carboxylic acids is 1. The molecule has 1 N–H and O–H groups in total. The molecule has 0 radical (unpaired) electrons. The van der Waals surface area contributed by atoms with Crippen molar-refractivity contribution in [1.29, 1.82) is 0 Å². The van der Waals surface area contributed by atoms with E-state index in [1.54, 1.807) is 18.2 Å². The van der Waals surface area contributed by atoms with Crippen molar-refractivity contribution in [3.63, 3.8) is 0 Å². The van der Waals surface area contributed by atoms with E-state index in [9.17, 15) is 14.8 Å². The molecule has 20 heavy (non-hydrogen) atoms. The Bertz CT molecular complexity index is 569. The lowest BCUT2D eigenvalue weighted by atomic mass is 10.2. The Kier molecular flexibility index (Phi) is 5.64. The maximum Gasteiger partial charge on any atom is 0.356 e. The van der Waals surface area contributed by atoms with Crippen molar-refractivity contribution < 1.29 is 24.2 Å². The number of methoxy groups -OCH3 is 1. The number of esters is 1. The molecular weight excluding hydrogens is 264 g/mol. The van der Waals surface area contributed by atoms with Crippen LogP contribution in [0.5, 0.6) is 0 Å². The van der Waals surface area contributed by atoms with Crippen molar-refractivity contribution in [3.8, 4) is 0 Å². The van der Waals surface area contributed by atoms with E-state index in [1.807, 2.05) is 0 Å². The van der Waals surface area contributed by atoms with Crippen LogP contribution in [0.15, 0.2) is 48.9 Å². The number of rotatable bonds is 2. The van der Waals surface area contributed by atoms with Crippen LogP contribution in [0.2, 0.25) is 0 Å². The van der Waals surface area contributed by atoms with Crippen molar-refractivity contribution in [1.82, 2.24) is 4.98 Å². The number of carbonyl (C=O) groups is 2. The van der Waals surface area contributed by atoms with Crippen molar-refractivity contribution in [2.24, 2.45) is 0 Å². The zero-order valence-electron chi connectivity index (χ0n) is 10.6. The van der Waals surface area contributed by atoms with Crippen LogP contribution in [0.3, 0.4) is 0 Å². The third-order valence-corrected chi connectivity index (χ3v) is 2.09. The van der Waals surface area contributed by atoms with E-state index >= 15 is 0 Å². The van der Waals surface area contributed by atoms with Crippen LogP contribution in [0.1, 0.15) is 20.8 Å². The summed E-state index contributed by atoms with van der Waals surface area (Å²) in [5, 5.41) is 18.7. The lowest BCUT2D eigenvalue weighted by molar-refractivity contribution is -0.605. The molecule has 0 atom stereocenters. The number of hydrogen-bond acceptors (Lipinski definition) is 5. The molecule has 0 aliphatic rings. The van der Waals surface area contributed by atoms with Crippen molar-refractivity contribution in [2.75, 3.05) is 7.11 Å². The van der Waals surface area contributed by atoms with E-state index in [2.05, 4.69) is 9.72 Å². The minimum atomic E-state index is -1.08. The van der Waals surface area contributed by atoms with Crippen molar-refractivity contribution >= 4 is 11.9 Å². The standard InChI is InChI=1S/C8H7NO4.C5H5NO/c1-13-8(12)6-3-2-5(4-9-6)7(10)11;7-6-4-2-1-3-5-6/h2-4H,1H3,(H,10,11);1-5H. The molecule has 0 unspecified atom stereocenters. The van der Waals surface area contributed by atoms with Gasteiger partial charge < -0.3 is 15.1 Å². The summed E-state index contributed by atoms with van der Waals surface area (Å²) in [6, 6.07) is 7.77. The summed E-state index contributed by atoms with van der Waals surface area (Å²) in [4.78, 5) is 24.9. The number of nitrogens with zero attached hydrogens (tertiary/aromatic N) is 2. The van der Waals surface area contributed by atoms with E-state index < -0.39 is 11.9 Å². The SMILES string of the molecule is COC(=O)c1ccc(C(=O)O)cn1.[O-][n+]1ccccc1. The van der Waals surface area contributed by atoms with Crippen molar-refractivity contribution in [3.05, 3.63) is 65.4 Å². The highest BCUT2D eigenvalue weighted by Gasteiger charge is 2.08. The Morgan fingerprint density at radius 3 is 2.25 bits per heavy atom. The van der Waals surface area contributed by atoms with Crippen LogP contribution < -0.4 is 4.73 Å². The van der Waals surface area contributed by atoms with Gasteiger partial charge in [0.25, 0.3) is 0 Å². The molecule has 0 aliphatic heterocycles. The summed E-state index contributed by atoms with van der Waals surface area (Å²) >= 11 is 0. The van der Waals surface area contributed by atoms with E-state index in [0.717, 1.165) is 10.9 Å².